The van der Waals surface area contributed by atoms with Crippen LogP contribution >= 0.6 is 0 Å². The first-order valence-corrected chi connectivity index (χ1v) is 10.3. The highest BCUT2D eigenvalue weighted by Crippen LogP contribution is 2.18. The minimum atomic E-state index is -0.623. The standard InChI is InChI=1S/C21H36N4O2/c1-4-6-13-25-14-11-18(12-15-25)24-21(22-5-2)23-16-20(26)17-7-9-19(27-3)10-8-17/h7-10,18,20,26H,4-6,11-16H2,1-3H3,(H2,22,23,24). The van der Waals surface area contributed by atoms with Gasteiger partial charge in [-0.3, -0.25) is 4.99 Å². The number of hydrogen-bond acceptors (Lipinski definition) is 4. The number of piperidine rings is 1. The number of benzene rings is 1. The summed E-state index contributed by atoms with van der Waals surface area (Å²) in [7, 11) is 1.64. The van der Waals surface area contributed by atoms with E-state index in [1.807, 2.05) is 24.3 Å². The molecule has 1 fully saturated rings. The molecule has 0 spiro atoms. The SMILES string of the molecule is CCCCN1CCC(NC(=NCC(O)c2ccc(OC)cc2)NCC)CC1. The number of likely N-dealkylation sites (tertiary alicyclic amines) is 1. The molecule has 1 atom stereocenters. The van der Waals surface area contributed by atoms with E-state index in [-0.39, 0.29) is 0 Å². The fourth-order valence-electron chi connectivity index (χ4n) is 3.31. The lowest BCUT2D eigenvalue weighted by molar-refractivity contribution is 0.186. The third-order valence-corrected chi connectivity index (χ3v) is 5.02. The maximum Gasteiger partial charge on any atom is 0.191 e. The van der Waals surface area contributed by atoms with Gasteiger partial charge in [-0.2, -0.15) is 0 Å². The van der Waals surface area contributed by atoms with Gasteiger partial charge < -0.3 is 25.4 Å². The first-order chi connectivity index (χ1) is 13.2. The molecule has 0 radical (unpaired) electrons. The highest BCUT2D eigenvalue weighted by atomic mass is 16.5. The van der Waals surface area contributed by atoms with Gasteiger partial charge in [0.05, 0.1) is 19.8 Å². The Bertz CT molecular complexity index is 554. The van der Waals surface area contributed by atoms with E-state index in [9.17, 15) is 5.11 Å². The summed E-state index contributed by atoms with van der Waals surface area (Å²) >= 11 is 0. The van der Waals surface area contributed by atoms with Gasteiger partial charge >= 0.3 is 0 Å². The van der Waals surface area contributed by atoms with Crippen LogP contribution in [0.2, 0.25) is 0 Å². The Morgan fingerprint density at radius 3 is 2.56 bits per heavy atom. The number of methoxy groups -OCH3 is 1. The van der Waals surface area contributed by atoms with Crippen LogP contribution in [0.1, 0.15) is 51.2 Å². The first-order valence-electron chi connectivity index (χ1n) is 10.3. The molecule has 0 aliphatic carbocycles. The summed E-state index contributed by atoms with van der Waals surface area (Å²) in [6.07, 6.45) is 4.18. The van der Waals surface area contributed by atoms with Crippen LogP contribution in [0.15, 0.2) is 29.3 Å². The van der Waals surface area contributed by atoms with Crippen LogP contribution in [0.5, 0.6) is 5.75 Å². The molecule has 0 aromatic heterocycles. The molecule has 6 nitrogen and oxygen atoms in total. The van der Waals surface area contributed by atoms with Crippen molar-refractivity contribution in [1.29, 1.82) is 0 Å². The van der Waals surface area contributed by atoms with Crippen molar-refractivity contribution in [1.82, 2.24) is 15.5 Å². The van der Waals surface area contributed by atoms with Crippen LogP contribution in [0.3, 0.4) is 0 Å². The monoisotopic (exact) mass is 376 g/mol. The first kappa shape index (κ1) is 21.5. The molecule has 0 bridgehead atoms. The zero-order valence-electron chi connectivity index (χ0n) is 17.1. The van der Waals surface area contributed by atoms with E-state index in [0.29, 0.717) is 12.6 Å². The minimum absolute atomic E-state index is 0.330. The van der Waals surface area contributed by atoms with Crippen LogP contribution in [0.4, 0.5) is 0 Å². The maximum absolute atomic E-state index is 10.4. The molecule has 152 valence electrons. The number of guanidine groups is 1. The van der Waals surface area contributed by atoms with Crippen molar-refractivity contribution in [3.05, 3.63) is 29.8 Å². The van der Waals surface area contributed by atoms with E-state index in [0.717, 1.165) is 49.7 Å². The third kappa shape index (κ3) is 7.39. The topological polar surface area (TPSA) is 69.1 Å². The number of nitrogens with zero attached hydrogens (tertiary/aromatic N) is 2. The van der Waals surface area contributed by atoms with Gasteiger partial charge in [-0.1, -0.05) is 25.5 Å². The summed E-state index contributed by atoms with van der Waals surface area (Å²) in [5.74, 6) is 1.58. The zero-order chi connectivity index (χ0) is 19.5. The molecule has 2 rings (SSSR count). The fraction of sp³-hybridized carbons (Fsp3) is 0.667. The van der Waals surface area contributed by atoms with Crippen molar-refractivity contribution in [2.24, 2.45) is 4.99 Å². The molecule has 3 N–H and O–H groups in total. The van der Waals surface area contributed by atoms with Gasteiger partial charge in [0.15, 0.2) is 5.96 Å². The van der Waals surface area contributed by atoms with Gasteiger partial charge in [-0.05, 0) is 50.4 Å². The molecule has 6 heteroatoms. The number of ether oxygens (including phenoxy) is 1. The molecule has 1 aromatic rings. The molecule has 1 unspecified atom stereocenters. The Labute approximate surface area is 164 Å². The van der Waals surface area contributed by atoms with E-state index in [2.05, 4.69) is 34.4 Å². The molecule has 0 amide bonds. The summed E-state index contributed by atoms with van der Waals surface area (Å²) in [6, 6.07) is 7.92. The normalized spacial score (nSPS) is 17.6. The molecule has 1 saturated heterocycles. The van der Waals surface area contributed by atoms with Crippen molar-refractivity contribution in [2.75, 3.05) is 39.8 Å². The van der Waals surface area contributed by atoms with Gasteiger partial charge in [-0.25, -0.2) is 0 Å². The highest BCUT2D eigenvalue weighted by Gasteiger charge is 2.19. The Kier molecular flexibility index (Phi) is 9.42. The summed E-state index contributed by atoms with van der Waals surface area (Å²) in [4.78, 5) is 7.15. The number of aliphatic imine (C=N–C) groups is 1. The number of nitrogens with one attached hydrogen (secondary N) is 2. The Morgan fingerprint density at radius 1 is 1.26 bits per heavy atom. The molecule has 27 heavy (non-hydrogen) atoms. The molecule has 1 aliphatic heterocycles. The minimum Gasteiger partial charge on any atom is -0.497 e. The lowest BCUT2D eigenvalue weighted by Gasteiger charge is -2.33. The van der Waals surface area contributed by atoms with Crippen molar-refractivity contribution < 1.29 is 9.84 Å². The summed E-state index contributed by atoms with van der Waals surface area (Å²) in [6.45, 7) is 8.94. The average Bonchev–Trinajstić information content (AvgIpc) is 2.71. The molecule has 0 saturated carbocycles. The van der Waals surface area contributed by atoms with Gasteiger partial charge in [0.25, 0.3) is 0 Å². The number of hydrogen-bond donors (Lipinski definition) is 3. The van der Waals surface area contributed by atoms with Crippen molar-refractivity contribution >= 4 is 5.96 Å². The molecular formula is C21H36N4O2. The third-order valence-electron chi connectivity index (χ3n) is 5.02. The number of aliphatic hydroxyl groups is 1. The van der Waals surface area contributed by atoms with E-state index >= 15 is 0 Å². The summed E-state index contributed by atoms with van der Waals surface area (Å²) in [5, 5.41) is 17.2. The fourth-order valence-corrected chi connectivity index (χ4v) is 3.31. The largest absolute Gasteiger partial charge is 0.497 e. The average molecular weight is 377 g/mol. The molecule has 1 aliphatic rings. The summed E-state index contributed by atoms with van der Waals surface area (Å²) in [5.41, 5.74) is 0.847. The number of unbranched alkanes of at least 4 members (excludes halogenated alkanes) is 1. The second kappa shape index (κ2) is 11.8. The van der Waals surface area contributed by atoms with E-state index in [4.69, 9.17) is 4.74 Å². The lowest BCUT2D eigenvalue weighted by atomic mass is 10.0. The Balaban J connectivity index is 1.84. The zero-order valence-corrected chi connectivity index (χ0v) is 17.1. The molecule has 1 heterocycles. The number of rotatable bonds is 9. The van der Waals surface area contributed by atoms with E-state index in [1.165, 1.54) is 19.4 Å². The van der Waals surface area contributed by atoms with Crippen molar-refractivity contribution in [3.8, 4) is 5.75 Å². The smallest absolute Gasteiger partial charge is 0.191 e. The van der Waals surface area contributed by atoms with E-state index in [1.54, 1.807) is 7.11 Å². The number of aliphatic hydroxyl groups excluding tert-OH is 1. The lowest BCUT2D eigenvalue weighted by Crippen LogP contribution is -2.48. The maximum atomic E-state index is 10.4. The van der Waals surface area contributed by atoms with E-state index < -0.39 is 6.10 Å². The predicted molar refractivity (Wildman–Crippen MR) is 111 cm³/mol. The van der Waals surface area contributed by atoms with Gasteiger partial charge in [0, 0.05) is 25.7 Å². The second-order valence-corrected chi connectivity index (χ2v) is 7.12. The van der Waals surface area contributed by atoms with Crippen LogP contribution in [0.25, 0.3) is 0 Å². The molecular weight excluding hydrogens is 340 g/mol. The van der Waals surface area contributed by atoms with Crippen molar-refractivity contribution in [2.45, 2.75) is 51.7 Å². The van der Waals surface area contributed by atoms with Crippen molar-refractivity contribution in [3.63, 3.8) is 0 Å². The van der Waals surface area contributed by atoms with Crippen LogP contribution in [0, 0.1) is 0 Å². The van der Waals surface area contributed by atoms with Gasteiger partial charge in [0.2, 0.25) is 0 Å². The van der Waals surface area contributed by atoms with Crippen LogP contribution < -0.4 is 15.4 Å². The molecule has 1 aromatic carbocycles. The highest BCUT2D eigenvalue weighted by molar-refractivity contribution is 5.80. The van der Waals surface area contributed by atoms with Gasteiger partial charge in [0.1, 0.15) is 5.75 Å². The Morgan fingerprint density at radius 2 is 1.96 bits per heavy atom. The van der Waals surface area contributed by atoms with Crippen LogP contribution in [-0.4, -0.2) is 61.8 Å². The second-order valence-electron chi connectivity index (χ2n) is 7.12. The summed E-state index contributed by atoms with van der Waals surface area (Å²) < 4.78 is 5.16. The van der Waals surface area contributed by atoms with Crippen LogP contribution in [-0.2, 0) is 0 Å². The van der Waals surface area contributed by atoms with Gasteiger partial charge in [-0.15, -0.1) is 0 Å². The quantitative estimate of drug-likeness (QED) is 0.456. The predicted octanol–water partition coefficient (Wildman–Crippen LogP) is 2.55. The Hall–Kier alpha value is -1.79.